The fourth-order valence-corrected chi connectivity index (χ4v) is 4.33. The molecule has 1 fully saturated rings. The van der Waals surface area contributed by atoms with Crippen LogP contribution in [-0.2, 0) is 0 Å². The molecular weight excluding hydrogens is 318 g/mol. The summed E-state index contributed by atoms with van der Waals surface area (Å²) in [4.78, 5) is 9.48. The number of nitrogens with two attached hydrogens (primary N) is 1. The molecule has 0 unspecified atom stereocenters. The number of allylic oxidation sites excluding steroid dienone is 2. The second-order valence-corrected chi connectivity index (χ2v) is 8.38. The van der Waals surface area contributed by atoms with E-state index in [-0.39, 0.29) is 5.41 Å². The van der Waals surface area contributed by atoms with Gasteiger partial charge in [0.15, 0.2) is 0 Å². The van der Waals surface area contributed by atoms with Gasteiger partial charge < -0.3 is 5.73 Å². The summed E-state index contributed by atoms with van der Waals surface area (Å²) in [7, 11) is 1.84. The Hall–Kier alpha value is -1.90. The normalized spacial score (nSPS) is 24.5. The molecule has 3 heteroatoms. The molecule has 0 atom stereocenters. The molecule has 2 aliphatic rings. The number of hydrogen-bond donors (Lipinski definition) is 1. The van der Waals surface area contributed by atoms with E-state index in [9.17, 15) is 0 Å². The van der Waals surface area contributed by atoms with Gasteiger partial charge in [0, 0.05) is 24.6 Å². The molecule has 1 heterocycles. The number of hydrogen-bond acceptors (Lipinski definition) is 3. The lowest BCUT2D eigenvalue weighted by Gasteiger charge is -2.33. The summed E-state index contributed by atoms with van der Waals surface area (Å²) in [6.07, 6.45) is 8.49. The first-order valence-corrected chi connectivity index (χ1v) is 10.1. The summed E-state index contributed by atoms with van der Waals surface area (Å²) in [6.45, 7) is 6.58. The van der Waals surface area contributed by atoms with Gasteiger partial charge in [-0.2, -0.15) is 0 Å². The molecule has 0 bridgehead atoms. The minimum Gasteiger partial charge on any atom is -0.400 e. The van der Waals surface area contributed by atoms with Crippen LogP contribution in [-0.4, -0.2) is 18.5 Å². The number of nitrogens with zero attached hydrogens (tertiary/aromatic N) is 2. The van der Waals surface area contributed by atoms with E-state index < -0.39 is 0 Å². The first-order chi connectivity index (χ1) is 12.5. The molecule has 3 rings (SSSR count). The molecular formula is C23H33N3. The molecule has 1 aliphatic carbocycles. The lowest BCUT2D eigenvalue weighted by atomic mass is 9.75. The monoisotopic (exact) mass is 351 g/mol. The Balaban J connectivity index is 1.96. The van der Waals surface area contributed by atoms with E-state index in [1.54, 1.807) is 0 Å². The van der Waals surface area contributed by atoms with Crippen molar-refractivity contribution in [3.63, 3.8) is 0 Å². The van der Waals surface area contributed by atoms with E-state index in [0.29, 0.717) is 0 Å². The third-order valence-electron chi connectivity index (χ3n) is 5.96. The summed E-state index contributed by atoms with van der Waals surface area (Å²) < 4.78 is 0. The summed E-state index contributed by atoms with van der Waals surface area (Å²) in [5.74, 6) is 0.740. The average molecular weight is 352 g/mol. The summed E-state index contributed by atoms with van der Waals surface area (Å²) in [6, 6.07) is 9.16. The topological polar surface area (TPSA) is 50.7 Å². The highest BCUT2D eigenvalue weighted by Crippen LogP contribution is 2.37. The molecule has 0 saturated heterocycles. The van der Waals surface area contributed by atoms with E-state index in [1.165, 1.54) is 43.2 Å². The van der Waals surface area contributed by atoms with Crippen molar-refractivity contribution in [2.45, 2.75) is 71.6 Å². The van der Waals surface area contributed by atoms with Gasteiger partial charge in [-0.05, 0) is 36.3 Å². The van der Waals surface area contributed by atoms with Crippen LogP contribution in [0.15, 0.2) is 45.6 Å². The first kappa shape index (κ1) is 18.9. The molecule has 0 radical (unpaired) electrons. The smallest absolute Gasteiger partial charge is 0.103 e. The molecule has 1 aromatic rings. The van der Waals surface area contributed by atoms with Crippen molar-refractivity contribution in [1.29, 1.82) is 0 Å². The van der Waals surface area contributed by atoms with Gasteiger partial charge in [-0.25, -0.2) is 4.99 Å². The Morgan fingerprint density at radius 1 is 1.15 bits per heavy atom. The Morgan fingerprint density at radius 2 is 1.81 bits per heavy atom. The van der Waals surface area contributed by atoms with Gasteiger partial charge in [0.2, 0.25) is 0 Å². The summed E-state index contributed by atoms with van der Waals surface area (Å²) >= 11 is 0. The molecule has 140 valence electrons. The summed E-state index contributed by atoms with van der Waals surface area (Å²) in [5, 5.41) is 0. The van der Waals surface area contributed by atoms with Crippen LogP contribution in [0.4, 0.5) is 0 Å². The number of aliphatic imine (C=N–C) groups is 2. The zero-order chi connectivity index (χ0) is 18.7. The summed E-state index contributed by atoms with van der Waals surface area (Å²) in [5.41, 5.74) is 12.8. The van der Waals surface area contributed by atoms with Crippen LogP contribution in [0.5, 0.6) is 0 Å². The minimum absolute atomic E-state index is 0.0429. The molecule has 2 N–H and O–H groups in total. The van der Waals surface area contributed by atoms with E-state index in [4.69, 9.17) is 10.7 Å². The Kier molecular flexibility index (Phi) is 5.64. The van der Waals surface area contributed by atoms with Crippen molar-refractivity contribution in [3.05, 3.63) is 46.8 Å². The lowest BCUT2D eigenvalue weighted by Crippen LogP contribution is -2.34. The molecule has 0 aromatic heterocycles. The number of benzene rings is 1. The zero-order valence-electron chi connectivity index (χ0n) is 16.8. The average Bonchev–Trinajstić information content (AvgIpc) is 2.67. The van der Waals surface area contributed by atoms with Gasteiger partial charge in [0.1, 0.15) is 5.70 Å². The second kappa shape index (κ2) is 7.77. The van der Waals surface area contributed by atoms with E-state index >= 15 is 0 Å². The standard InChI is InChI=1S/C23H33N3/c1-5-19(24)21-20(25-4)15-23(2,3)22(26-21)18-13-11-17(12-14-18)16-9-7-6-8-10-16/h11-14,16H,5-10,15,24H2,1-4H3/b21-19-,25-20?. The van der Waals surface area contributed by atoms with Crippen molar-refractivity contribution >= 4 is 11.4 Å². The van der Waals surface area contributed by atoms with Crippen molar-refractivity contribution < 1.29 is 0 Å². The second-order valence-electron chi connectivity index (χ2n) is 8.38. The maximum absolute atomic E-state index is 6.26. The van der Waals surface area contributed by atoms with Gasteiger partial charge in [-0.15, -0.1) is 0 Å². The third-order valence-corrected chi connectivity index (χ3v) is 5.96. The number of rotatable bonds is 3. The van der Waals surface area contributed by atoms with Crippen LogP contribution in [0.2, 0.25) is 0 Å². The lowest BCUT2D eigenvalue weighted by molar-refractivity contribution is 0.443. The predicted molar refractivity (Wildman–Crippen MR) is 112 cm³/mol. The van der Waals surface area contributed by atoms with Gasteiger partial charge >= 0.3 is 0 Å². The van der Waals surface area contributed by atoms with Crippen molar-refractivity contribution in [2.75, 3.05) is 7.05 Å². The van der Waals surface area contributed by atoms with Gasteiger partial charge in [-0.3, -0.25) is 4.99 Å². The van der Waals surface area contributed by atoms with Crippen LogP contribution in [0.1, 0.15) is 82.8 Å². The highest BCUT2D eigenvalue weighted by atomic mass is 14.9. The zero-order valence-corrected chi connectivity index (χ0v) is 16.8. The fourth-order valence-electron chi connectivity index (χ4n) is 4.33. The van der Waals surface area contributed by atoms with Crippen LogP contribution >= 0.6 is 0 Å². The van der Waals surface area contributed by atoms with Crippen LogP contribution in [0.25, 0.3) is 0 Å². The van der Waals surface area contributed by atoms with Crippen LogP contribution in [0, 0.1) is 5.41 Å². The maximum atomic E-state index is 6.26. The SMILES string of the molecule is CC/C(N)=C1/N=C(c2ccc(C3CCCCC3)cc2)C(C)(C)CC1=NC. The van der Waals surface area contributed by atoms with E-state index in [2.05, 4.69) is 50.0 Å². The maximum Gasteiger partial charge on any atom is 0.103 e. The Bertz CT molecular complexity index is 729. The third kappa shape index (κ3) is 3.77. The van der Waals surface area contributed by atoms with Gasteiger partial charge in [0.05, 0.1) is 11.4 Å². The van der Waals surface area contributed by atoms with Crippen LogP contribution < -0.4 is 5.73 Å². The van der Waals surface area contributed by atoms with Gasteiger partial charge in [0.25, 0.3) is 0 Å². The van der Waals surface area contributed by atoms with Crippen molar-refractivity contribution in [3.8, 4) is 0 Å². The molecule has 1 aromatic carbocycles. The molecule has 1 aliphatic heterocycles. The largest absolute Gasteiger partial charge is 0.400 e. The van der Waals surface area contributed by atoms with E-state index in [0.717, 1.165) is 41.6 Å². The quantitative estimate of drug-likeness (QED) is 0.756. The molecule has 0 spiro atoms. The highest BCUT2D eigenvalue weighted by molar-refractivity contribution is 6.15. The predicted octanol–water partition coefficient (Wildman–Crippen LogP) is 5.60. The molecule has 0 amide bonds. The van der Waals surface area contributed by atoms with Gasteiger partial charge in [-0.1, -0.05) is 64.3 Å². The minimum atomic E-state index is -0.0429. The molecule has 1 saturated carbocycles. The highest BCUT2D eigenvalue weighted by Gasteiger charge is 2.34. The molecule has 26 heavy (non-hydrogen) atoms. The van der Waals surface area contributed by atoms with Crippen molar-refractivity contribution in [1.82, 2.24) is 0 Å². The Morgan fingerprint density at radius 3 is 2.38 bits per heavy atom. The van der Waals surface area contributed by atoms with E-state index in [1.807, 2.05) is 7.05 Å². The Labute approximate surface area is 158 Å². The first-order valence-electron chi connectivity index (χ1n) is 10.1. The molecule has 3 nitrogen and oxygen atoms in total. The fraction of sp³-hybridized carbons (Fsp3) is 0.565. The van der Waals surface area contributed by atoms with Crippen molar-refractivity contribution in [2.24, 2.45) is 21.1 Å². The van der Waals surface area contributed by atoms with Crippen LogP contribution in [0.3, 0.4) is 0 Å².